The van der Waals surface area contributed by atoms with Crippen molar-refractivity contribution in [2.24, 2.45) is 0 Å². The van der Waals surface area contributed by atoms with Gasteiger partial charge in [-0.05, 0) is 12.7 Å². The lowest BCUT2D eigenvalue weighted by molar-refractivity contribution is 0.774. The predicted octanol–water partition coefficient (Wildman–Crippen LogP) is 0.0670. The molecule has 2 heteroatoms. The van der Waals surface area contributed by atoms with Crippen LogP contribution in [0.1, 0.15) is 0 Å². The van der Waals surface area contributed by atoms with Crippen LogP contribution >= 0.6 is 0 Å². The van der Waals surface area contributed by atoms with Crippen molar-refractivity contribution in [1.82, 2.24) is 0 Å². The lowest BCUT2D eigenvalue weighted by Gasteiger charge is -1.69. The second-order valence-electron chi connectivity index (χ2n) is 1.07. The second-order valence-corrected chi connectivity index (χ2v) is 1.07. The summed E-state index contributed by atoms with van der Waals surface area (Å²) in [5.41, 5.74) is 0.442. The average Bonchev–Trinajstić information content (AvgIpc) is 1.89. The highest BCUT2D eigenvalue weighted by molar-refractivity contribution is 6.24. The molecule has 0 aliphatic heterocycles. The second kappa shape index (κ2) is 4.03. The number of hydrogen-bond donors (Lipinski definition) is 0. The van der Waals surface area contributed by atoms with Gasteiger partial charge >= 0.3 is 0 Å². The molecule has 0 N–H and O–H groups in total. The zero-order valence-corrected chi connectivity index (χ0v) is 4.29. The molecule has 38 valence electrons. The molecule has 8 heavy (non-hydrogen) atoms. The summed E-state index contributed by atoms with van der Waals surface area (Å²) in [4.78, 5) is 0. The topological polar surface area (TPSA) is 0 Å². The molecule has 0 nitrogen and oxygen atoms in total. The molecule has 0 aliphatic rings. The van der Waals surface area contributed by atoms with E-state index < -0.39 is 0 Å². The maximum Gasteiger partial charge on any atom is 0.149 e. The van der Waals surface area contributed by atoms with Gasteiger partial charge in [-0.15, -0.1) is 4.39 Å². The maximum absolute atomic E-state index is 11.0. The predicted molar refractivity (Wildman–Crippen MR) is 34.3 cm³/mol. The number of rotatable bonds is 1. The molecular weight excluding hydrogens is 102 g/mol. The van der Waals surface area contributed by atoms with Gasteiger partial charge in [0.15, 0.2) is 0 Å². The fourth-order valence-corrected chi connectivity index (χ4v) is 0.143. The molecule has 0 fully saturated rings. The number of halogens is 1. The minimum Gasteiger partial charge on any atom is -0.143 e. The van der Waals surface area contributed by atoms with Crippen LogP contribution in [0.2, 0.25) is 0 Å². The summed E-state index contributed by atoms with van der Waals surface area (Å²) in [6, 6.07) is 0. The zero-order chi connectivity index (χ0) is 7.11. The molecule has 0 unspecified atom stereocenters. The van der Waals surface area contributed by atoms with Crippen LogP contribution in [-0.4, -0.2) is 9.15 Å². The minimum atomic E-state index is 0.0426. The molecule has 0 aromatic heterocycles. The number of hydrogen-bond acceptors (Lipinski definition) is 0. The van der Waals surface area contributed by atoms with E-state index >= 15 is 0 Å². The lowest BCUT2D eigenvalue weighted by Crippen LogP contribution is -1.66. The highest BCUT2D eigenvalue weighted by Gasteiger charge is 1.65. The molecular formula is C6H4BF. The standard InChI is InChI=1S/C6H4BF/c1-6(7)4-2-3-5-8/h1,7H2/i7D. The molecule has 0 aromatic carbocycles. The molecule has 0 saturated carbocycles. The third kappa shape index (κ3) is 4.85. The quantitative estimate of drug-likeness (QED) is 0.328. The third-order valence-electron chi connectivity index (χ3n) is 0.349. The summed E-state index contributed by atoms with van der Waals surface area (Å²) in [6.45, 7) is 3.39. The van der Waals surface area contributed by atoms with E-state index in [9.17, 15) is 4.39 Å². The zero-order valence-electron chi connectivity index (χ0n) is 5.29. The van der Waals surface area contributed by atoms with Crippen molar-refractivity contribution in [2.45, 2.75) is 0 Å². The van der Waals surface area contributed by atoms with Gasteiger partial charge in [0.1, 0.15) is 14.0 Å². The first-order valence-corrected chi connectivity index (χ1v) is 1.90. The van der Waals surface area contributed by atoms with Crippen LogP contribution in [0, 0.1) is 23.9 Å². The Morgan fingerprint density at radius 2 is 2.50 bits per heavy atom. The van der Waals surface area contributed by atoms with Crippen molar-refractivity contribution in [3.63, 3.8) is 0 Å². The van der Waals surface area contributed by atoms with Crippen molar-refractivity contribution < 1.29 is 4.39 Å². The van der Waals surface area contributed by atoms with E-state index in [4.69, 9.17) is 1.34 Å². The van der Waals surface area contributed by atoms with Gasteiger partial charge in [0, 0.05) is 5.92 Å². The summed E-state index contributed by atoms with van der Waals surface area (Å²) in [6.07, 6.45) is 1.12. The van der Waals surface area contributed by atoms with Crippen LogP contribution in [0.15, 0.2) is 12.1 Å². The molecule has 0 radical (unpaired) electrons. The summed E-state index contributed by atoms with van der Waals surface area (Å²) in [5.74, 6) is 6.46. The highest BCUT2D eigenvalue weighted by Crippen LogP contribution is 1.70. The Morgan fingerprint density at radius 1 is 1.75 bits per heavy atom. The SMILES string of the molecule is [2H]BC(=C)C#CC#CF. The fraction of sp³-hybridized carbons (Fsp3) is 0. The van der Waals surface area contributed by atoms with Crippen LogP contribution in [0.3, 0.4) is 0 Å². The third-order valence-corrected chi connectivity index (χ3v) is 0.349. The van der Waals surface area contributed by atoms with Gasteiger partial charge < -0.3 is 0 Å². The smallest absolute Gasteiger partial charge is 0.143 e. The molecule has 0 heterocycles. The molecule has 0 aliphatic carbocycles. The summed E-state index contributed by atoms with van der Waals surface area (Å²) in [5, 5.41) is 0. The van der Waals surface area contributed by atoms with E-state index in [1.165, 1.54) is 0 Å². The molecule has 0 bridgehead atoms. The van der Waals surface area contributed by atoms with Gasteiger partial charge in [-0.1, -0.05) is 12.5 Å². The van der Waals surface area contributed by atoms with Crippen molar-refractivity contribution in [1.29, 1.82) is 1.34 Å². The fourth-order valence-electron chi connectivity index (χ4n) is 0.143. The Labute approximate surface area is 50.5 Å². The monoisotopic (exact) mass is 107 g/mol. The largest absolute Gasteiger partial charge is 0.149 e. The van der Waals surface area contributed by atoms with Crippen LogP contribution in [0.25, 0.3) is 0 Å². The molecule has 0 spiro atoms. The molecule has 0 rings (SSSR count). The summed E-state index contributed by atoms with van der Waals surface area (Å²) < 4.78 is 17.7. The van der Waals surface area contributed by atoms with Crippen LogP contribution in [0.4, 0.5) is 4.39 Å². The Morgan fingerprint density at radius 3 is 3.00 bits per heavy atom. The maximum atomic E-state index is 11.0. The van der Waals surface area contributed by atoms with Crippen molar-refractivity contribution in [3.05, 3.63) is 12.1 Å². The normalized spacial score (nSPS) is 6.38. The van der Waals surface area contributed by atoms with Gasteiger partial charge in [0.25, 0.3) is 0 Å². The van der Waals surface area contributed by atoms with Gasteiger partial charge in [-0.2, -0.15) is 0 Å². The first-order valence-electron chi connectivity index (χ1n) is 2.60. The van der Waals surface area contributed by atoms with Crippen molar-refractivity contribution >= 4 is 7.81 Å². The van der Waals surface area contributed by atoms with E-state index in [0.717, 1.165) is 6.17 Å². The van der Waals surface area contributed by atoms with Crippen LogP contribution < -0.4 is 0 Å². The van der Waals surface area contributed by atoms with E-state index in [1.807, 2.05) is 5.92 Å². The minimum absolute atomic E-state index is 0.0426. The Kier molecular flexibility index (Phi) is 2.52. The van der Waals surface area contributed by atoms with Gasteiger partial charge in [0.2, 0.25) is 0 Å². The van der Waals surface area contributed by atoms with E-state index in [-0.39, 0.29) is 7.81 Å². The Bertz CT molecular complexity index is 213. The first kappa shape index (κ1) is 5.00. The highest BCUT2D eigenvalue weighted by atomic mass is 19.1. The Hall–Kier alpha value is -1.15. The summed E-state index contributed by atoms with van der Waals surface area (Å²) >= 11 is 0. The number of allylic oxidation sites excluding steroid dienone is 1. The van der Waals surface area contributed by atoms with E-state index in [1.54, 1.807) is 0 Å². The lowest BCUT2D eigenvalue weighted by atomic mass is 9.99. The molecule has 0 saturated heterocycles. The summed E-state index contributed by atoms with van der Waals surface area (Å²) in [7, 11) is 0.0426. The van der Waals surface area contributed by atoms with Crippen molar-refractivity contribution in [3.8, 4) is 23.9 Å². The first-order chi connectivity index (χ1) is 4.31. The molecule has 0 amide bonds. The Balaban J connectivity index is 3.83. The van der Waals surface area contributed by atoms with E-state index in [2.05, 4.69) is 18.4 Å². The van der Waals surface area contributed by atoms with Gasteiger partial charge in [-0.3, -0.25) is 0 Å². The van der Waals surface area contributed by atoms with Gasteiger partial charge in [0.05, 0.1) is 0 Å². The van der Waals surface area contributed by atoms with Crippen LogP contribution in [-0.2, 0) is 0 Å². The molecule has 0 aromatic rings. The van der Waals surface area contributed by atoms with Gasteiger partial charge in [-0.25, -0.2) is 0 Å². The molecule has 0 atom stereocenters. The van der Waals surface area contributed by atoms with Crippen molar-refractivity contribution in [2.75, 3.05) is 0 Å². The average molecular weight is 107 g/mol. The van der Waals surface area contributed by atoms with E-state index in [0.29, 0.717) is 5.47 Å². The van der Waals surface area contributed by atoms with Crippen LogP contribution in [0.5, 0.6) is 0 Å².